The number of aryl methyl sites for hydroxylation is 1. The SMILES string of the molecule is COc1ccc(OC)c(C(=O)c2c(C)oc3ccc(OC(C)=O)cc23)c1. The minimum Gasteiger partial charge on any atom is -0.497 e. The molecule has 0 aliphatic rings. The second-order valence-corrected chi connectivity index (χ2v) is 5.68. The third kappa shape index (κ3) is 3.13. The van der Waals surface area contributed by atoms with E-state index in [2.05, 4.69) is 0 Å². The van der Waals surface area contributed by atoms with Gasteiger partial charge in [-0.1, -0.05) is 0 Å². The molecule has 0 bridgehead atoms. The van der Waals surface area contributed by atoms with Crippen LogP contribution in [0, 0.1) is 6.92 Å². The molecule has 0 atom stereocenters. The van der Waals surface area contributed by atoms with Crippen LogP contribution in [0.2, 0.25) is 0 Å². The van der Waals surface area contributed by atoms with Crippen LogP contribution >= 0.6 is 0 Å². The van der Waals surface area contributed by atoms with Crippen LogP contribution in [0.5, 0.6) is 17.2 Å². The van der Waals surface area contributed by atoms with Gasteiger partial charge in [0.15, 0.2) is 0 Å². The van der Waals surface area contributed by atoms with Gasteiger partial charge in [-0.2, -0.15) is 0 Å². The molecular weight excluding hydrogens is 336 g/mol. The van der Waals surface area contributed by atoms with E-state index in [4.69, 9.17) is 18.6 Å². The number of furan rings is 1. The Morgan fingerprint density at radius 3 is 2.35 bits per heavy atom. The first-order chi connectivity index (χ1) is 12.4. The molecule has 0 amide bonds. The molecule has 3 rings (SSSR count). The number of benzene rings is 2. The van der Waals surface area contributed by atoms with Crippen molar-refractivity contribution in [2.24, 2.45) is 0 Å². The molecular formula is C20H18O6. The number of carbonyl (C=O) groups excluding carboxylic acids is 2. The van der Waals surface area contributed by atoms with E-state index >= 15 is 0 Å². The standard InChI is InChI=1S/C20H18O6/c1-11-19(15-10-14(26-12(2)21)6-8-18(15)25-11)20(22)16-9-13(23-3)5-7-17(16)24-4/h5-10H,1-4H3. The van der Waals surface area contributed by atoms with Crippen LogP contribution in [0.1, 0.15) is 28.6 Å². The number of fused-ring (bicyclic) bond motifs is 1. The van der Waals surface area contributed by atoms with Crippen molar-refractivity contribution in [2.45, 2.75) is 13.8 Å². The van der Waals surface area contributed by atoms with E-state index in [9.17, 15) is 9.59 Å². The molecule has 1 aromatic heterocycles. The highest BCUT2D eigenvalue weighted by Gasteiger charge is 2.23. The molecule has 0 aliphatic carbocycles. The lowest BCUT2D eigenvalue weighted by Gasteiger charge is -2.09. The molecule has 3 aromatic rings. The molecule has 1 heterocycles. The van der Waals surface area contributed by atoms with Crippen LogP contribution in [0.25, 0.3) is 11.0 Å². The predicted molar refractivity (Wildman–Crippen MR) is 95.2 cm³/mol. The Morgan fingerprint density at radius 2 is 1.69 bits per heavy atom. The molecule has 0 unspecified atom stereocenters. The fourth-order valence-electron chi connectivity index (χ4n) is 2.84. The summed E-state index contributed by atoms with van der Waals surface area (Å²) < 4.78 is 21.3. The molecule has 0 saturated carbocycles. The van der Waals surface area contributed by atoms with Gasteiger partial charge in [-0.25, -0.2) is 0 Å². The number of esters is 1. The summed E-state index contributed by atoms with van der Waals surface area (Å²) in [5, 5.41) is 0.566. The van der Waals surface area contributed by atoms with E-state index in [1.165, 1.54) is 21.1 Å². The van der Waals surface area contributed by atoms with E-state index < -0.39 is 5.97 Å². The zero-order chi connectivity index (χ0) is 18.8. The molecule has 0 radical (unpaired) electrons. The largest absolute Gasteiger partial charge is 0.497 e. The number of rotatable bonds is 5. The van der Waals surface area contributed by atoms with Crippen molar-refractivity contribution in [2.75, 3.05) is 14.2 Å². The van der Waals surface area contributed by atoms with Gasteiger partial charge >= 0.3 is 5.97 Å². The van der Waals surface area contributed by atoms with Crippen LogP contribution in [0.3, 0.4) is 0 Å². The Balaban J connectivity index is 2.16. The van der Waals surface area contributed by atoms with Crippen molar-refractivity contribution in [3.05, 3.63) is 53.3 Å². The fraction of sp³-hybridized carbons (Fsp3) is 0.200. The molecule has 6 nitrogen and oxygen atoms in total. The van der Waals surface area contributed by atoms with Gasteiger partial charge in [-0.15, -0.1) is 0 Å². The van der Waals surface area contributed by atoms with Crippen molar-refractivity contribution in [1.29, 1.82) is 0 Å². The van der Waals surface area contributed by atoms with E-state index in [1.54, 1.807) is 43.3 Å². The fourth-order valence-corrected chi connectivity index (χ4v) is 2.84. The number of carbonyl (C=O) groups is 2. The number of ketones is 1. The number of methoxy groups -OCH3 is 2. The van der Waals surface area contributed by atoms with Crippen LogP contribution < -0.4 is 14.2 Å². The molecule has 0 aliphatic heterocycles. The van der Waals surface area contributed by atoms with Crippen molar-refractivity contribution >= 4 is 22.7 Å². The second-order valence-electron chi connectivity index (χ2n) is 5.68. The monoisotopic (exact) mass is 354 g/mol. The molecule has 0 fully saturated rings. The normalized spacial score (nSPS) is 10.6. The number of hydrogen-bond donors (Lipinski definition) is 0. The van der Waals surface area contributed by atoms with Crippen molar-refractivity contribution in [1.82, 2.24) is 0 Å². The van der Waals surface area contributed by atoms with Crippen LogP contribution in [0.15, 0.2) is 40.8 Å². The quantitative estimate of drug-likeness (QED) is 0.393. The van der Waals surface area contributed by atoms with Gasteiger partial charge in [-0.05, 0) is 43.3 Å². The Bertz CT molecular complexity index is 999. The summed E-state index contributed by atoms with van der Waals surface area (Å²) in [6.07, 6.45) is 0. The number of hydrogen-bond acceptors (Lipinski definition) is 6. The summed E-state index contributed by atoms with van der Waals surface area (Å²) in [7, 11) is 3.03. The van der Waals surface area contributed by atoms with E-state index in [0.29, 0.717) is 45.1 Å². The molecule has 0 saturated heterocycles. The lowest BCUT2D eigenvalue weighted by atomic mass is 9.99. The van der Waals surface area contributed by atoms with Crippen molar-refractivity contribution in [3.63, 3.8) is 0 Å². The first-order valence-corrected chi connectivity index (χ1v) is 7.93. The Labute approximate surface area is 150 Å². The van der Waals surface area contributed by atoms with Gasteiger partial charge in [0.2, 0.25) is 5.78 Å². The van der Waals surface area contributed by atoms with E-state index in [1.807, 2.05) is 0 Å². The molecule has 0 N–H and O–H groups in total. The summed E-state index contributed by atoms with van der Waals surface area (Å²) in [5.74, 6) is 1.08. The van der Waals surface area contributed by atoms with E-state index in [0.717, 1.165) is 0 Å². The highest BCUT2D eigenvalue weighted by molar-refractivity contribution is 6.18. The third-order valence-corrected chi connectivity index (χ3v) is 3.98. The maximum absolute atomic E-state index is 13.2. The molecule has 26 heavy (non-hydrogen) atoms. The topological polar surface area (TPSA) is 75.0 Å². The molecule has 6 heteroatoms. The van der Waals surface area contributed by atoms with Gasteiger partial charge in [0.05, 0.1) is 25.3 Å². The van der Waals surface area contributed by atoms with Crippen LogP contribution in [-0.2, 0) is 4.79 Å². The first-order valence-electron chi connectivity index (χ1n) is 7.93. The van der Waals surface area contributed by atoms with Crippen LogP contribution in [0.4, 0.5) is 0 Å². The Kier molecular flexibility index (Phi) is 4.67. The average Bonchev–Trinajstić information content (AvgIpc) is 2.95. The second kappa shape index (κ2) is 6.92. The first kappa shape index (κ1) is 17.5. The molecule has 2 aromatic carbocycles. The smallest absolute Gasteiger partial charge is 0.308 e. The Hall–Kier alpha value is -3.28. The van der Waals surface area contributed by atoms with Gasteiger partial charge in [0.25, 0.3) is 0 Å². The van der Waals surface area contributed by atoms with Gasteiger partial charge in [0.1, 0.15) is 28.6 Å². The van der Waals surface area contributed by atoms with E-state index in [-0.39, 0.29) is 5.78 Å². The van der Waals surface area contributed by atoms with Crippen LogP contribution in [-0.4, -0.2) is 26.0 Å². The summed E-state index contributed by atoms with van der Waals surface area (Å²) >= 11 is 0. The van der Waals surface area contributed by atoms with Crippen molar-refractivity contribution in [3.8, 4) is 17.2 Å². The maximum Gasteiger partial charge on any atom is 0.308 e. The van der Waals surface area contributed by atoms with Crippen molar-refractivity contribution < 1.29 is 28.2 Å². The summed E-state index contributed by atoms with van der Waals surface area (Å²) in [4.78, 5) is 24.4. The zero-order valence-electron chi connectivity index (χ0n) is 14.9. The van der Waals surface area contributed by atoms with Gasteiger partial charge in [0, 0.05) is 12.3 Å². The van der Waals surface area contributed by atoms with Gasteiger partial charge in [-0.3, -0.25) is 9.59 Å². The lowest BCUT2D eigenvalue weighted by Crippen LogP contribution is -2.06. The molecule has 134 valence electrons. The zero-order valence-corrected chi connectivity index (χ0v) is 14.9. The summed E-state index contributed by atoms with van der Waals surface area (Å²) in [6, 6.07) is 9.92. The minimum absolute atomic E-state index is 0.267. The minimum atomic E-state index is -0.438. The highest BCUT2D eigenvalue weighted by atomic mass is 16.5. The predicted octanol–water partition coefficient (Wildman–Crippen LogP) is 3.91. The third-order valence-electron chi connectivity index (χ3n) is 3.98. The summed E-state index contributed by atoms with van der Waals surface area (Å²) in [6.45, 7) is 3.03. The summed E-state index contributed by atoms with van der Waals surface area (Å²) in [5.41, 5.74) is 1.28. The highest BCUT2D eigenvalue weighted by Crippen LogP contribution is 2.34. The van der Waals surface area contributed by atoms with Gasteiger partial charge < -0.3 is 18.6 Å². The Morgan fingerprint density at radius 1 is 0.962 bits per heavy atom. The lowest BCUT2D eigenvalue weighted by molar-refractivity contribution is -0.131. The maximum atomic E-state index is 13.2. The number of ether oxygens (including phenoxy) is 3. The average molecular weight is 354 g/mol. The molecule has 0 spiro atoms.